The van der Waals surface area contributed by atoms with Gasteiger partial charge in [0.1, 0.15) is 5.75 Å². The van der Waals surface area contributed by atoms with E-state index in [4.69, 9.17) is 14.2 Å². The number of halogens is 1. The van der Waals surface area contributed by atoms with Crippen LogP contribution in [0.25, 0.3) is 0 Å². The standard InChI is InChI=1S/C20H27N3O3.HI/c1-5-21-20(22-13-15-9-11-17(24-2)12-10-15)23-14-16-7-6-8-18(25-3)19(16)26-4;/h6-12H,5,13-14H2,1-4H3,(H2,21,22,23);1H. The van der Waals surface area contributed by atoms with Gasteiger partial charge >= 0.3 is 0 Å². The highest BCUT2D eigenvalue weighted by atomic mass is 127. The molecule has 7 heteroatoms. The van der Waals surface area contributed by atoms with Crippen molar-refractivity contribution in [3.8, 4) is 17.2 Å². The summed E-state index contributed by atoms with van der Waals surface area (Å²) in [7, 11) is 4.94. The van der Waals surface area contributed by atoms with E-state index in [-0.39, 0.29) is 24.0 Å². The van der Waals surface area contributed by atoms with Crippen molar-refractivity contribution in [2.45, 2.75) is 20.0 Å². The van der Waals surface area contributed by atoms with E-state index in [1.54, 1.807) is 21.3 Å². The number of hydrogen-bond acceptors (Lipinski definition) is 4. The van der Waals surface area contributed by atoms with E-state index in [0.29, 0.717) is 18.8 Å². The summed E-state index contributed by atoms with van der Waals surface area (Å²) in [4.78, 5) is 4.63. The van der Waals surface area contributed by atoms with Crippen LogP contribution in [-0.4, -0.2) is 33.8 Å². The van der Waals surface area contributed by atoms with Gasteiger partial charge in [0.2, 0.25) is 0 Å². The summed E-state index contributed by atoms with van der Waals surface area (Å²) >= 11 is 0. The number of hydrogen-bond donors (Lipinski definition) is 2. The van der Waals surface area contributed by atoms with Crippen LogP contribution >= 0.6 is 24.0 Å². The minimum atomic E-state index is 0. The number of nitrogens with one attached hydrogen (secondary N) is 2. The molecule has 0 saturated carbocycles. The molecule has 6 nitrogen and oxygen atoms in total. The Hall–Kier alpha value is -2.16. The molecule has 0 aliphatic rings. The molecule has 0 aliphatic carbocycles. The van der Waals surface area contributed by atoms with Gasteiger partial charge in [-0.25, -0.2) is 4.99 Å². The highest BCUT2D eigenvalue weighted by Gasteiger charge is 2.09. The van der Waals surface area contributed by atoms with Crippen LogP contribution in [0.2, 0.25) is 0 Å². The molecule has 0 unspecified atom stereocenters. The number of rotatable bonds is 8. The monoisotopic (exact) mass is 485 g/mol. The molecule has 0 atom stereocenters. The molecule has 0 fully saturated rings. The lowest BCUT2D eigenvalue weighted by Gasteiger charge is -2.15. The quantitative estimate of drug-likeness (QED) is 0.340. The summed E-state index contributed by atoms with van der Waals surface area (Å²) < 4.78 is 16.0. The summed E-state index contributed by atoms with van der Waals surface area (Å²) in [5.41, 5.74) is 2.11. The third-order valence-electron chi connectivity index (χ3n) is 3.85. The van der Waals surface area contributed by atoms with E-state index >= 15 is 0 Å². The molecule has 0 spiro atoms. The molecule has 0 aromatic heterocycles. The van der Waals surface area contributed by atoms with E-state index in [1.165, 1.54) is 0 Å². The number of ether oxygens (including phenoxy) is 3. The Balaban J connectivity index is 0.00000364. The summed E-state index contributed by atoms with van der Waals surface area (Å²) in [6.45, 7) is 3.98. The van der Waals surface area contributed by atoms with Gasteiger partial charge in [-0.3, -0.25) is 0 Å². The number of aliphatic imine (C=N–C) groups is 1. The fraction of sp³-hybridized carbons (Fsp3) is 0.350. The lowest BCUT2D eigenvalue weighted by molar-refractivity contribution is 0.351. The van der Waals surface area contributed by atoms with Crippen LogP contribution in [0.15, 0.2) is 47.5 Å². The first kappa shape index (κ1) is 22.9. The van der Waals surface area contributed by atoms with Gasteiger partial charge in [-0.2, -0.15) is 0 Å². The topological polar surface area (TPSA) is 64.1 Å². The van der Waals surface area contributed by atoms with Crippen molar-refractivity contribution in [2.24, 2.45) is 4.99 Å². The Bertz CT molecular complexity index is 721. The zero-order valence-corrected chi connectivity index (χ0v) is 18.6. The van der Waals surface area contributed by atoms with Crippen molar-refractivity contribution in [1.82, 2.24) is 10.6 Å². The molecule has 2 rings (SSSR count). The molecule has 0 saturated heterocycles. The van der Waals surface area contributed by atoms with E-state index in [9.17, 15) is 0 Å². The Morgan fingerprint density at radius 1 is 0.926 bits per heavy atom. The number of nitrogens with zero attached hydrogens (tertiary/aromatic N) is 1. The SMILES string of the molecule is CCNC(=NCc1ccc(OC)cc1)NCc1cccc(OC)c1OC.I. The molecule has 0 bridgehead atoms. The average Bonchev–Trinajstić information content (AvgIpc) is 2.69. The van der Waals surface area contributed by atoms with E-state index in [1.807, 2.05) is 49.4 Å². The molecule has 2 N–H and O–H groups in total. The molecule has 0 heterocycles. The minimum Gasteiger partial charge on any atom is -0.497 e. The number of para-hydroxylation sites is 1. The summed E-state index contributed by atoms with van der Waals surface area (Å²) in [6.07, 6.45) is 0. The second-order valence-corrected chi connectivity index (χ2v) is 5.55. The highest BCUT2D eigenvalue weighted by Crippen LogP contribution is 2.30. The number of methoxy groups -OCH3 is 3. The maximum Gasteiger partial charge on any atom is 0.191 e. The van der Waals surface area contributed by atoms with Gasteiger partial charge < -0.3 is 24.8 Å². The second-order valence-electron chi connectivity index (χ2n) is 5.55. The first-order valence-corrected chi connectivity index (χ1v) is 8.56. The van der Waals surface area contributed by atoms with Crippen molar-refractivity contribution in [1.29, 1.82) is 0 Å². The van der Waals surface area contributed by atoms with Gasteiger partial charge in [0.15, 0.2) is 17.5 Å². The molecule has 148 valence electrons. The third kappa shape index (κ3) is 6.82. The van der Waals surface area contributed by atoms with Crippen LogP contribution in [0.3, 0.4) is 0 Å². The van der Waals surface area contributed by atoms with Gasteiger partial charge in [0.25, 0.3) is 0 Å². The number of benzene rings is 2. The normalized spacial score (nSPS) is 10.6. The van der Waals surface area contributed by atoms with Crippen LogP contribution in [0.1, 0.15) is 18.1 Å². The minimum absolute atomic E-state index is 0. The zero-order chi connectivity index (χ0) is 18.8. The van der Waals surface area contributed by atoms with Gasteiger partial charge in [-0.15, -0.1) is 24.0 Å². The van der Waals surface area contributed by atoms with Crippen LogP contribution in [-0.2, 0) is 13.1 Å². The number of guanidine groups is 1. The van der Waals surface area contributed by atoms with Crippen LogP contribution in [0, 0.1) is 0 Å². The molecule has 2 aromatic rings. The lowest BCUT2D eigenvalue weighted by Crippen LogP contribution is -2.36. The van der Waals surface area contributed by atoms with Crippen molar-refractivity contribution in [3.63, 3.8) is 0 Å². The molecule has 0 radical (unpaired) electrons. The Labute approximate surface area is 178 Å². The maximum absolute atomic E-state index is 5.47. The fourth-order valence-electron chi connectivity index (χ4n) is 2.51. The molecule has 2 aromatic carbocycles. The fourth-order valence-corrected chi connectivity index (χ4v) is 2.51. The predicted molar refractivity (Wildman–Crippen MR) is 120 cm³/mol. The average molecular weight is 485 g/mol. The molecular weight excluding hydrogens is 457 g/mol. The van der Waals surface area contributed by atoms with Gasteiger partial charge in [0.05, 0.1) is 27.9 Å². The largest absolute Gasteiger partial charge is 0.497 e. The van der Waals surface area contributed by atoms with Crippen LogP contribution in [0.4, 0.5) is 0 Å². The third-order valence-corrected chi connectivity index (χ3v) is 3.85. The highest BCUT2D eigenvalue weighted by molar-refractivity contribution is 14.0. The summed E-state index contributed by atoms with van der Waals surface area (Å²) in [5, 5.41) is 6.59. The van der Waals surface area contributed by atoms with Crippen molar-refractivity contribution in [2.75, 3.05) is 27.9 Å². The van der Waals surface area contributed by atoms with E-state index in [0.717, 1.165) is 35.1 Å². The summed E-state index contributed by atoms with van der Waals surface area (Å²) in [5.74, 6) is 3.03. The van der Waals surface area contributed by atoms with E-state index in [2.05, 4.69) is 15.6 Å². The van der Waals surface area contributed by atoms with E-state index < -0.39 is 0 Å². The molecule has 0 amide bonds. The zero-order valence-electron chi connectivity index (χ0n) is 16.2. The first-order valence-electron chi connectivity index (χ1n) is 8.56. The summed E-state index contributed by atoms with van der Waals surface area (Å²) in [6, 6.07) is 13.7. The van der Waals surface area contributed by atoms with Gasteiger partial charge in [0, 0.05) is 18.7 Å². The smallest absolute Gasteiger partial charge is 0.191 e. The van der Waals surface area contributed by atoms with Crippen molar-refractivity contribution < 1.29 is 14.2 Å². The van der Waals surface area contributed by atoms with Crippen molar-refractivity contribution in [3.05, 3.63) is 53.6 Å². The maximum atomic E-state index is 5.47. The Morgan fingerprint density at radius 3 is 2.26 bits per heavy atom. The Morgan fingerprint density at radius 2 is 1.67 bits per heavy atom. The lowest BCUT2D eigenvalue weighted by atomic mass is 10.2. The van der Waals surface area contributed by atoms with Gasteiger partial charge in [-0.1, -0.05) is 24.3 Å². The van der Waals surface area contributed by atoms with Gasteiger partial charge in [-0.05, 0) is 30.7 Å². The molecule has 27 heavy (non-hydrogen) atoms. The first-order chi connectivity index (χ1) is 12.7. The Kier molecular flexibility index (Phi) is 10.4. The van der Waals surface area contributed by atoms with Crippen LogP contribution < -0.4 is 24.8 Å². The second kappa shape index (κ2) is 12.3. The van der Waals surface area contributed by atoms with Crippen molar-refractivity contribution >= 4 is 29.9 Å². The van der Waals surface area contributed by atoms with Crippen LogP contribution in [0.5, 0.6) is 17.2 Å². The molecule has 0 aliphatic heterocycles. The molecular formula is C20H28IN3O3. The predicted octanol–water partition coefficient (Wildman–Crippen LogP) is 3.59.